The van der Waals surface area contributed by atoms with E-state index in [4.69, 9.17) is 0 Å². The van der Waals surface area contributed by atoms with E-state index in [0.29, 0.717) is 4.90 Å². The van der Waals surface area contributed by atoms with Crippen molar-refractivity contribution in [1.82, 2.24) is 4.90 Å². The predicted octanol–water partition coefficient (Wildman–Crippen LogP) is 3.85. The summed E-state index contributed by atoms with van der Waals surface area (Å²) >= 11 is 0. The second-order valence-electron chi connectivity index (χ2n) is 7.29. The number of benzene rings is 2. The van der Waals surface area contributed by atoms with Crippen LogP contribution < -0.4 is 0 Å². The van der Waals surface area contributed by atoms with Gasteiger partial charge in [-0.25, -0.2) is 8.42 Å². The summed E-state index contributed by atoms with van der Waals surface area (Å²) in [6.07, 6.45) is 2.00. The highest BCUT2D eigenvalue weighted by Gasteiger charge is 2.20. The summed E-state index contributed by atoms with van der Waals surface area (Å²) in [5.41, 5.74) is 3.85. The van der Waals surface area contributed by atoms with Gasteiger partial charge in [-0.05, 0) is 61.1 Å². The minimum Gasteiger partial charge on any atom is -0.299 e. The van der Waals surface area contributed by atoms with Crippen LogP contribution >= 0.6 is 0 Å². The fourth-order valence-corrected chi connectivity index (χ4v) is 5.27. The van der Waals surface area contributed by atoms with Crippen LogP contribution in [0.2, 0.25) is 0 Å². The highest BCUT2D eigenvalue weighted by Crippen LogP contribution is 2.21. The molecule has 1 atom stereocenters. The summed E-state index contributed by atoms with van der Waals surface area (Å²) in [6.45, 7) is 6.97. The molecule has 4 heteroatoms. The van der Waals surface area contributed by atoms with Gasteiger partial charge in [-0.2, -0.15) is 0 Å². The lowest BCUT2D eigenvalue weighted by atomic mass is 9.99. The molecule has 0 bridgehead atoms. The molecule has 0 radical (unpaired) electrons. The first-order valence-electron chi connectivity index (χ1n) is 9.02. The monoisotopic (exact) mass is 357 g/mol. The first kappa shape index (κ1) is 18.2. The molecule has 25 heavy (non-hydrogen) atoms. The van der Waals surface area contributed by atoms with Gasteiger partial charge in [0, 0.05) is 13.1 Å². The quantitative estimate of drug-likeness (QED) is 0.788. The SMILES string of the molecule is Cc1cccc(S(=O)(=O)CC(C)CCN2CCc3ccccc3C2)c1. The molecule has 2 aromatic carbocycles. The van der Waals surface area contributed by atoms with Gasteiger partial charge in [-0.1, -0.05) is 43.3 Å². The predicted molar refractivity (Wildman–Crippen MR) is 102 cm³/mol. The fourth-order valence-electron chi connectivity index (χ4n) is 3.51. The maximum atomic E-state index is 12.6. The second kappa shape index (κ2) is 7.71. The van der Waals surface area contributed by atoms with Gasteiger partial charge in [-0.15, -0.1) is 0 Å². The Morgan fingerprint density at radius 2 is 1.84 bits per heavy atom. The number of nitrogens with zero attached hydrogens (tertiary/aromatic N) is 1. The van der Waals surface area contributed by atoms with Crippen molar-refractivity contribution < 1.29 is 8.42 Å². The van der Waals surface area contributed by atoms with Crippen LogP contribution in [-0.4, -0.2) is 32.2 Å². The van der Waals surface area contributed by atoms with Crippen molar-refractivity contribution in [2.75, 3.05) is 18.8 Å². The molecule has 0 N–H and O–H groups in total. The zero-order valence-electron chi connectivity index (χ0n) is 15.1. The smallest absolute Gasteiger partial charge is 0.178 e. The van der Waals surface area contributed by atoms with Gasteiger partial charge >= 0.3 is 0 Å². The van der Waals surface area contributed by atoms with Crippen molar-refractivity contribution >= 4 is 9.84 Å². The molecule has 0 saturated heterocycles. The van der Waals surface area contributed by atoms with Crippen molar-refractivity contribution in [1.29, 1.82) is 0 Å². The summed E-state index contributed by atoms with van der Waals surface area (Å²) in [5.74, 6) is 0.378. The molecule has 134 valence electrons. The maximum Gasteiger partial charge on any atom is 0.178 e. The first-order chi connectivity index (χ1) is 11.9. The summed E-state index contributed by atoms with van der Waals surface area (Å²) < 4.78 is 25.2. The molecule has 0 saturated carbocycles. The lowest BCUT2D eigenvalue weighted by molar-refractivity contribution is 0.240. The van der Waals surface area contributed by atoms with Crippen molar-refractivity contribution in [3.05, 3.63) is 65.2 Å². The Balaban J connectivity index is 1.54. The van der Waals surface area contributed by atoms with Gasteiger partial charge in [0.1, 0.15) is 0 Å². The molecule has 1 unspecified atom stereocenters. The van der Waals surface area contributed by atoms with E-state index < -0.39 is 9.84 Å². The van der Waals surface area contributed by atoms with Crippen LogP contribution in [0.25, 0.3) is 0 Å². The maximum absolute atomic E-state index is 12.6. The Morgan fingerprint density at radius 1 is 1.08 bits per heavy atom. The van der Waals surface area contributed by atoms with E-state index in [9.17, 15) is 8.42 Å². The van der Waals surface area contributed by atoms with Gasteiger partial charge in [0.25, 0.3) is 0 Å². The molecular weight excluding hydrogens is 330 g/mol. The van der Waals surface area contributed by atoms with Crippen LogP contribution in [0.3, 0.4) is 0 Å². The minimum absolute atomic E-state index is 0.155. The number of fused-ring (bicyclic) bond motifs is 1. The molecule has 0 aromatic heterocycles. The third kappa shape index (κ3) is 4.71. The molecule has 2 aromatic rings. The van der Waals surface area contributed by atoms with Crippen LogP contribution in [0.5, 0.6) is 0 Å². The standard InChI is InChI=1S/C21H27NO2S/c1-17-6-5-9-21(14-17)25(23,24)16-18(2)10-12-22-13-11-19-7-3-4-8-20(19)15-22/h3-9,14,18H,10-13,15-16H2,1-2H3. The molecule has 0 amide bonds. The molecule has 0 aliphatic carbocycles. The normalized spacial score (nSPS) is 16.4. The lowest BCUT2D eigenvalue weighted by Gasteiger charge is -2.29. The Hall–Kier alpha value is -1.65. The molecule has 0 spiro atoms. The Kier molecular flexibility index (Phi) is 5.60. The van der Waals surface area contributed by atoms with E-state index in [1.54, 1.807) is 12.1 Å². The van der Waals surface area contributed by atoms with Crippen LogP contribution in [0, 0.1) is 12.8 Å². The van der Waals surface area contributed by atoms with Gasteiger partial charge in [0.2, 0.25) is 0 Å². The zero-order chi connectivity index (χ0) is 17.9. The minimum atomic E-state index is -3.20. The molecule has 1 aliphatic heterocycles. The van der Waals surface area contributed by atoms with Crippen molar-refractivity contribution in [3.63, 3.8) is 0 Å². The second-order valence-corrected chi connectivity index (χ2v) is 9.32. The number of aryl methyl sites for hydroxylation is 1. The molecule has 0 fully saturated rings. The molecule has 1 aliphatic rings. The average Bonchev–Trinajstić information content (AvgIpc) is 2.59. The highest BCUT2D eigenvalue weighted by molar-refractivity contribution is 7.91. The van der Waals surface area contributed by atoms with Crippen LogP contribution in [0.4, 0.5) is 0 Å². The average molecular weight is 358 g/mol. The van der Waals surface area contributed by atoms with Gasteiger partial charge in [-0.3, -0.25) is 4.90 Å². The summed E-state index contributed by atoms with van der Waals surface area (Å²) in [5, 5.41) is 0. The van der Waals surface area contributed by atoms with E-state index >= 15 is 0 Å². The highest BCUT2D eigenvalue weighted by atomic mass is 32.2. The van der Waals surface area contributed by atoms with Crippen molar-refractivity contribution in [2.24, 2.45) is 5.92 Å². The van der Waals surface area contributed by atoms with E-state index in [0.717, 1.165) is 38.0 Å². The first-order valence-corrected chi connectivity index (χ1v) is 10.7. The largest absolute Gasteiger partial charge is 0.299 e. The van der Waals surface area contributed by atoms with E-state index in [1.165, 1.54) is 11.1 Å². The molecule has 3 nitrogen and oxygen atoms in total. The lowest BCUT2D eigenvalue weighted by Crippen LogP contribution is -2.32. The van der Waals surface area contributed by atoms with E-state index in [2.05, 4.69) is 29.2 Å². The van der Waals surface area contributed by atoms with E-state index in [-0.39, 0.29) is 11.7 Å². The topological polar surface area (TPSA) is 37.4 Å². The molecule has 1 heterocycles. The zero-order valence-corrected chi connectivity index (χ0v) is 15.9. The van der Waals surface area contributed by atoms with Crippen LogP contribution in [0.1, 0.15) is 30.0 Å². The Labute approximate surface area is 151 Å². The van der Waals surface area contributed by atoms with E-state index in [1.807, 2.05) is 26.0 Å². The van der Waals surface area contributed by atoms with Crippen molar-refractivity contribution in [3.8, 4) is 0 Å². The summed E-state index contributed by atoms with van der Waals surface area (Å²) in [4.78, 5) is 2.89. The van der Waals surface area contributed by atoms with Gasteiger partial charge in [0.15, 0.2) is 9.84 Å². The number of hydrogen-bond acceptors (Lipinski definition) is 3. The summed E-state index contributed by atoms with van der Waals surface area (Å²) in [6, 6.07) is 15.8. The third-order valence-corrected chi connectivity index (χ3v) is 6.98. The van der Waals surface area contributed by atoms with Gasteiger partial charge in [0.05, 0.1) is 10.6 Å². The number of rotatable bonds is 6. The third-order valence-electron chi connectivity index (χ3n) is 5.00. The van der Waals surface area contributed by atoms with Crippen LogP contribution in [-0.2, 0) is 22.8 Å². The molecule has 3 rings (SSSR count). The van der Waals surface area contributed by atoms with Crippen molar-refractivity contribution in [2.45, 2.75) is 38.1 Å². The number of sulfone groups is 1. The molecular formula is C21H27NO2S. The van der Waals surface area contributed by atoms with Gasteiger partial charge < -0.3 is 0 Å². The summed E-state index contributed by atoms with van der Waals surface area (Å²) in [7, 11) is -3.20. The fraction of sp³-hybridized carbons (Fsp3) is 0.429. The Bertz CT molecular complexity index is 829. The number of hydrogen-bond donors (Lipinski definition) is 0. The van der Waals surface area contributed by atoms with Crippen LogP contribution in [0.15, 0.2) is 53.4 Å². The Morgan fingerprint density at radius 3 is 2.60 bits per heavy atom.